The topological polar surface area (TPSA) is 68.2 Å². The summed E-state index contributed by atoms with van der Waals surface area (Å²) >= 11 is 0. The van der Waals surface area contributed by atoms with Crippen LogP contribution in [0.4, 0.5) is 16.2 Å². The van der Waals surface area contributed by atoms with Crippen LogP contribution >= 0.6 is 0 Å². The van der Waals surface area contributed by atoms with Crippen LogP contribution in [0.1, 0.15) is 11.4 Å². The number of carbonyl (C=O) groups excluding carboxylic acids is 1. The highest BCUT2D eigenvalue weighted by molar-refractivity contribution is 5.99. The molecule has 6 heteroatoms. The van der Waals surface area contributed by atoms with Gasteiger partial charge in [-0.1, -0.05) is 30.3 Å². The van der Waals surface area contributed by atoms with Gasteiger partial charge >= 0.3 is 6.03 Å². The van der Waals surface area contributed by atoms with Gasteiger partial charge in [-0.3, -0.25) is 0 Å². The summed E-state index contributed by atoms with van der Waals surface area (Å²) in [4.78, 5) is 17.1. The second kappa shape index (κ2) is 8.69. The van der Waals surface area contributed by atoms with Crippen molar-refractivity contribution in [3.05, 3.63) is 84.2 Å². The van der Waals surface area contributed by atoms with Gasteiger partial charge in [-0.25, -0.2) is 9.78 Å². The fraction of sp³-hybridized carbons (Fsp3) is 0.167. The van der Waals surface area contributed by atoms with Crippen LogP contribution < -0.4 is 15.4 Å². The molecule has 0 bridgehead atoms. The first-order valence-corrected chi connectivity index (χ1v) is 9.84. The SMILES string of the molecule is COc1cccc(NC(=O)Nc2cccc(CCc3nc4ccccc4n3C)c2)c1. The molecule has 0 saturated heterocycles. The molecule has 0 radical (unpaired) electrons. The van der Waals surface area contributed by atoms with Gasteiger partial charge in [-0.15, -0.1) is 0 Å². The fourth-order valence-electron chi connectivity index (χ4n) is 3.47. The molecule has 0 fully saturated rings. The number of anilines is 2. The molecule has 2 amide bonds. The van der Waals surface area contributed by atoms with E-state index in [9.17, 15) is 4.79 Å². The summed E-state index contributed by atoms with van der Waals surface area (Å²) in [6, 6.07) is 23.0. The lowest BCUT2D eigenvalue weighted by Gasteiger charge is -2.10. The van der Waals surface area contributed by atoms with Gasteiger partial charge in [0.15, 0.2) is 0 Å². The standard InChI is InChI=1S/C24H24N4O2/c1-28-22-12-4-3-11-21(22)27-23(28)14-13-17-7-5-8-18(15-17)25-24(29)26-19-9-6-10-20(16-19)30-2/h3-12,15-16H,13-14H2,1-2H3,(H2,25,26,29). The van der Waals surface area contributed by atoms with Crippen molar-refractivity contribution in [3.8, 4) is 5.75 Å². The largest absolute Gasteiger partial charge is 0.497 e. The Morgan fingerprint density at radius 2 is 1.67 bits per heavy atom. The summed E-state index contributed by atoms with van der Waals surface area (Å²) in [6.07, 6.45) is 1.66. The molecule has 1 heterocycles. The first kappa shape index (κ1) is 19.5. The average molecular weight is 400 g/mol. The van der Waals surface area contributed by atoms with Crippen molar-refractivity contribution in [2.75, 3.05) is 17.7 Å². The van der Waals surface area contributed by atoms with E-state index < -0.39 is 0 Å². The highest BCUT2D eigenvalue weighted by Gasteiger charge is 2.08. The maximum Gasteiger partial charge on any atom is 0.323 e. The number of aromatic nitrogens is 2. The van der Waals surface area contributed by atoms with E-state index in [-0.39, 0.29) is 6.03 Å². The van der Waals surface area contributed by atoms with Crippen LogP contribution in [0.25, 0.3) is 11.0 Å². The zero-order valence-electron chi connectivity index (χ0n) is 17.1. The van der Waals surface area contributed by atoms with Gasteiger partial charge in [0, 0.05) is 30.9 Å². The van der Waals surface area contributed by atoms with Gasteiger partial charge < -0.3 is 19.9 Å². The predicted octanol–water partition coefficient (Wildman–Crippen LogP) is 5.01. The first-order valence-electron chi connectivity index (χ1n) is 9.84. The molecule has 0 atom stereocenters. The molecule has 3 aromatic carbocycles. The minimum Gasteiger partial charge on any atom is -0.497 e. The highest BCUT2D eigenvalue weighted by Crippen LogP contribution is 2.19. The number of imidazole rings is 1. The van der Waals surface area contributed by atoms with E-state index in [1.54, 1.807) is 13.2 Å². The maximum atomic E-state index is 12.3. The number of rotatable bonds is 6. The molecule has 2 N–H and O–H groups in total. The zero-order chi connectivity index (χ0) is 20.9. The van der Waals surface area contributed by atoms with Gasteiger partial charge in [0.2, 0.25) is 0 Å². The number of aryl methyl sites for hydroxylation is 3. The van der Waals surface area contributed by atoms with E-state index in [2.05, 4.69) is 27.3 Å². The molecular weight excluding hydrogens is 376 g/mol. The Kier molecular flexibility index (Phi) is 5.66. The molecule has 0 saturated carbocycles. The van der Waals surface area contributed by atoms with E-state index in [1.165, 1.54) is 0 Å². The lowest BCUT2D eigenvalue weighted by molar-refractivity contribution is 0.262. The normalized spacial score (nSPS) is 10.7. The number of methoxy groups -OCH3 is 1. The molecule has 30 heavy (non-hydrogen) atoms. The van der Waals surface area contributed by atoms with E-state index in [4.69, 9.17) is 9.72 Å². The van der Waals surface area contributed by atoms with Crippen molar-refractivity contribution in [2.45, 2.75) is 12.8 Å². The molecular formula is C24H24N4O2. The Hall–Kier alpha value is -3.80. The Balaban J connectivity index is 1.39. The predicted molar refractivity (Wildman–Crippen MR) is 120 cm³/mol. The number of hydrogen-bond donors (Lipinski definition) is 2. The third kappa shape index (κ3) is 4.43. The summed E-state index contributed by atoms with van der Waals surface area (Å²) in [7, 11) is 3.64. The number of carbonyl (C=O) groups is 1. The third-order valence-corrected chi connectivity index (χ3v) is 5.03. The number of nitrogens with one attached hydrogen (secondary N) is 2. The number of nitrogens with zero attached hydrogens (tertiary/aromatic N) is 2. The number of para-hydroxylation sites is 2. The van der Waals surface area contributed by atoms with Crippen molar-refractivity contribution >= 4 is 28.4 Å². The molecule has 4 aromatic rings. The van der Waals surface area contributed by atoms with Crippen molar-refractivity contribution in [1.29, 1.82) is 0 Å². The molecule has 4 rings (SSSR count). The number of benzene rings is 3. The highest BCUT2D eigenvalue weighted by atomic mass is 16.5. The number of hydrogen-bond acceptors (Lipinski definition) is 3. The molecule has 1 aromatic heterocycles. The zero-order valence-corrected chi connectivity index (χ0v) is 17.1. The smallest absolute Gasteiger partial charge is 0.323 e. The molecule has 6 nitrogen and oxygen atoms in total. The number of fused-ring (bicyclic) bond motifs is 1. The Morgan fingerprint density at radius 3 is 2.43 bits per heavy atom. The molecule has 0 unspecified atom stereocenters. The Labute approximate surface area is 175 Å². The summed E-state index contributed by atoms with van der Waals surface area (Å²) < 4.78 is 7.32. The lowest BCUT2D eigenvalue weighted by Crippen LogP contribution is -2.19. The van der Waals surface area contributed by atoms with Crippen molar-refractivity contribution in [2.24, 2.45) is 7.05 Å². The second-order valence-electron chi connectivity index (χ2n) is 7.09. The van der Waals surface area contributed by atoms with Crippen LogP contribution in [0.2, 0.25) is 0 Å². The van der Waals surface area contributed by atoms with Crippen LogP contribution in [0.3, 0.4) is 0 Å². The summed E-state index contributed by atoms with van der Waals surface area (Å²) in [5, 5.41) is 5.71. The van der Waals surface area contributed by atoms with E-state index >= 15 is 0 Å². The van der Waals surface area contributed by atoms with E-state index in [0.717, 1.165) is 41.0 Å². The Bertz CT molecular complexity index is 1180. The lowest BCUT2D eigenvalue weighted by atomic mass is 10.1. The van der Waals surface area contributed by atoms with Gasteiger partial charge in [0.05, 0.1) is 18.1 Å². The fourth-order valence-corrected chi connectivity index (χ4v) is 3.47. The molecule has 0 aliphatic heterocycles. The molecule has 0 spiro atoms. The van der Waals surface area contributed by atoms with Crippen LogP contribution in [0.15, 0.2) is 72.8 Å². The van der Waals surface area contributed by atoms with Crippen LogP contribution in [0.5, 0.6) is 5.75 Å². The number of urea groups is 1. The molecule has 152 valence electrons. The third-order valence-electron chi connectivity index (χ3n) is 5.03. The monoisotopic (exact) mass is 400 g/mol. The molecule has 0 aliphatic carbocycles. The second-order valence-corrected chi connectivity index (χ2v) is 7.09. The summed E-state index contributed by atoms with van der Waals surface area (Å²) in [5.41, 5.74) is 4.71. The van der Waals surface area contributed by atoms with Crippen LogP contribution in [-0.4, -0.2) is 22.7 Å². The Morgan fingerprint density at radius 1 is 0.933 bits per heavy atom. The minimum atomic E-state index is -0.296. The first-order chi connectivity index (χ1) is 14.6. The van der Waals surface area contributed by atoms with E-state index in [1.807, 2.05) is 61.6 Å². The van der Waals surface area contributed by atoms with Crippen molar-refractivity contribution in [3.63, 3.8) is 0 Å². The van der Waals surface area contributed by atoms with Gasteiger partial charge in [-0.2, -0.15) is 0 Å². The van der Waals surface area contributed by atoms with Crippen LogP contribution in [-0.2, 0) is 19.9 Å². The van der Waals surface area contributed by atoms with Gasteiger partial charge in [0.25, 0.3) is 0 Å². The minimum absolute atomic E-state index is 0.296. The van der Waals surface area contributed by atoms with Crippen LogP contribution in [0, 0.1) is 0 Å². The van der Waals surface area contributed by atoms with Gasteiger partial charge in [0.1, 0.15) is 11.6 Å². The van der Waals surface area contributed by atoms with Crippen molar-refractivity contribution in [1.82, 2.24) is 9.55 Å². The quantitative estimate of drug-likeness (QED) is 0.478. The number of amides is 2. The number of ether oxygens (including phenoxy) is 1. The average Bonchev–Trinajstić information content (AvgIpc) is 3.08. The van der Waals surface area contributed by atoms with Crippen molar-refractivity contribution < 1.29 is 9.53 Å². The summed E-state index contributed by atoms with van der Waals surface area (Å²) in [5.74, 6) is 1.74. The summed E-state index contributed by atoms with van der Waals surface area (Å²) in [6.45, 7) is 0. The maximum absolute atomic E-state index is 12.3. The molecule has 0 aliphatic rings. The van der Waals surface area contributed by atoms with Gasteiger partial charge in [-0.05, 0) is 48.4 Å². The van der Waals surface area contributed by atoms with E-state index in [0.29, 0.717) is 11.4 Å².